The van der Waals surface area contributed by atoms with E-state index >= 15 is 0 Å². The number of anilines is 1. The van der Waals surface area contributed by atoms with Crippen molar-refractivity contribution in [1.29, 1.82) is 0 Å². The van der Waals surface area contributed by atoms with E-state index in [1.165, 1.54) is 16.9 Å². The van der Waals surface area contributed by atoms with Crippen molar-refractivity contribution < 1.29 is 9.53 Å². The second kappa shape index (κ2) is 8.67. The van der Waals surface area contributed by atoms with Gasteiger partial charge in [0.2, 0.25) is 0 Å². The van der Waals surface area contributed by atoms with E-state index in [9.17, 15) is 4.79 Å². The van der Waals surface area contributed by atoms with E-state index < -0.39 is 0 Å². The van der Waals surface area contributed by atoms with Crippen molar-refractivity contribution in [3.8, 4) is 17.0 Å². The van der Waals surface area contributed by atoms with Crippen molar-refractivity contribution in [3.05, 3.63) is 62.9 Å². The summed E-state index contributed by atoms with van der Waals surface area (Å²) in [5.74, 6) is 0.508. The average Bonchev–Trinajstić information content (AvgIpc) is 3.04. The Bertz CT molecular complexity index is 951. The van der Waals surface area contributed by atoms with Crippen LogP contribution in [0.25, 0.3) is 11.3 Å². The highest BCUT2D eigenvalue weighted by Gasteiger charge is 2.14. The van der Waals surface area contributed by atoms with Gasteiger partial charge in [0, 0.05) is 14.9 Å². The topological polar surface area (TPSA) is 51.2 Å². The van der Waals surface area contributed by atoms with Gasteiger partial charge >= 0.3 is 0 Å². The molecular weight excluding hydrogens is 424 g/mol. The maximum Gasteiger partial charge on any atom is 0.264 e. The quantitative estimate of drug-likeness (QED) is 0.524. The molecule has 2 aromatic carbocycles. The summed E-state index contributed by atoms with van der Waals surface area (Å²) in [6.07, 6.45) is 0.859. The van der Waals surface area contributed by atoms with Crippen LogP contribution in [0.1, 0.15) is 22.9 Å². The van der Waals surface area contributed by atoms with Crippen LogP contribution in [0.3, 0.4) is 0 Å². The molecule has 1 N–H and O–H groups in total. The van der Waals surface area contributed by atoms with Crippen molar-refractivity contribution in [2.24, 2.45) is 0 Å². The summed E-state index contributed by atoms with van der Waals surface area (Å²) in [6.45, 7) is 6.04. The molecule has 0 spiro atoms. The van der Waals surface area contributed by atoms with Crippen LogP contribution in [0, 0.1) is 13.8 Å². The van der Waals surface area contributed by atoms with Crippen LogP contribution in [0.4, 0.5) is 5.13 Å². The number of carbonyl (C=O) groups is 1. The first-order valence-corrected chi connectivity index (χ1v) is 10.3. The number of benzene rings is 2. The Morgan fingerprint density at radius 2 is 1.93 bits per heavy atom. The zero-order valence-corrected chi connectivity index (χ0v) is 17.9. The Morgan fingerprint density at radius 1 is 1.19 bits per heavy atom. The normalized spacial score (nSPS) is 10.7. The first-order valence-electron chi connectivity index (χ1n) is 8.71. The minimum Gasteiger partial charge on any atom is -0.483 e. The van der Waals surface area contributed by atoms with E-state index in [1.807, 2.05) is 56.3 Å². The SMILES string of the molecule is CCc1sc(NC(=O)COc2ccc(C)cc2C)nc1-c1ccc(Br)cc1. The number of aromatic nitrogens is 1. The second-order valence-corrected chi connectivity index (χ2v) is 8.26. The van der Waals surface area contributed by atoms with E-state index in [2.05, 4.69) is 33.2 Å². The van der Waals surface area contributed by atoms with E-state index in [4.69, 9.17) is 4.74 Å². The van der Waals surface area contributed by atoms with Crippen molar-refractivity contribution in [2.75, 3.05) is 11.9 Å². The fraction of sp³-hybridized carbons (Fsp3) is 0.238. The van der Waals surface area contributed by atoms with E-state index in [0.29, 0.717) is 5.13 Å². The molecule has 0 aliphatic heterocycles. The van der Waals surface area contributed by atoms with Crippen LogP contribution < -0.4 is 10.1 Å². The number of hydrogen-bond donors (Lipinski definition) is 1. The molecule has 27 heavy (non-hydrogen) atoms. The highest BCUT2D eigenvalue weighted by molar-refractivity contribution is 9.10. The second-order valence-electron chi connectivity index (χ2n) is 6.26. The Labute approximate surface area is 171 Å². The predicted molar refractivity (Wildman–Crippen MR) is 115 cm³/mol. The van der Waals surface area contributed by atoms with Gasteiger partial charge in [0.15, 0.2) is 11.7 Å². The van der Waals surface area contributed by atoms with Crippen molar-refractivity contribution in [3.63, 3.8) is 0 Å². The molecule has 3 rings (SSSR count). The summed E-state index contributed by atoms with van der Waals surface area (Å²) in [5.41, 5.74) is 4.14. The van der Waals surface area contributed by atoms with Crippen LogP contribution >= 0.6 is 27.3 Å². The van der Waals surface area contributed by atoms with Crippen LogP contribution in [0.15, 0.2) is 46.9 Å². The summed E-state index contributed by atoms with van der Waals surface area (Å²) in [4.78, 5) is 18.0. The van der Waals surface area contributed by atoms with Gasteiger partial charge in [0.05, 0.1) is 5.69 Å². The fourth-order valence-corrected chi connectivity index (χ4v) is 3.94. The van der Waals surface area contributed by atoms with Gasteiger partial charge in [0.25, 0.3) is 5.91 Å². The molecule has 1 aromatic heterocycles. The van der Waals surface area contributed by atoms with Gasteiger partial charge in [-0.15, -0.1) is 11.3 Å². The van der Waals surface area contributed by atoms with Crippen LogP contribution in [0.5, 0.6) is 5.75 Å². The molecule has 4 nitrogen and oxygen atoms in total. The molecule has 1 heterocycles. The fourth-order valence-electron chi connectivity index (χ4n) is 2.74. The zero-order chi connectivity index (χ0) is 19.4. The number of nitrogens with zero attached hydrogens (tertiary/aromatic N) is 1. The largest absolute Gasteiger partial charge is 0.483 e. The lowest BCUT2D eigenvalue weighted by atomic mass is 10.1. The van der Waals surface area contributed by atoms with Crippen molar-refractivity contribution in [1.82, 2.24) is 4.98 Å². The summed E-state index contributed by atoms with van der Waals surface area (Å²) in [7, 11) is 0. The molecule has 0 fully saturated rings. The maximum atomic E-state index is 12.3. The highest BCUT2D eigenvalue weighted by atomic mass is 79.9. The van der Waals surface area contributed by atoms with E-state index in [0.717, 1.165) is 38.3 Å². The zero-order valence-electron chi connectivity index (χ0n) is 15.5. The van der Waals surface area contributed by atoms with Gasteiger partial charge < -0.3 is 4.74 Å². The molecule has 0 saturated heterocycles. The monoisotopic (exact) mass is 444 g/mol. The standard InChI is InChI=1S/C21H21BrN2O2S/c1-4-18-20(15-6-8-16(22)9-7-15)24-21(27-18)23-19(25)12-26-17-10-5-13(2)11-14(17)3/h5-11H,4,12H2,1-3H3,(H,23,24,25). The number of nitrogens with one attached hydrogen (secondary N) is 1. The van der Waals surface area contributed by atoms with Gasteiger partial charge in [0.1, 0.15) is 5.75 Å². The molecule has 0 unspecified atom stereocenters. The lowest BCUT2D eigenvalue weighted by Gasteiger charge is -2.09. The Kier molecular flexibility index (Phi) is 6.29. The summed E-state index contributed by atoms with van der Waals surface area (Å²) < 4.78 is 6.67. The third-order valence-electron chi connectivity index (χ3n) is 4.07. The molecule has 3 aromatic rings. The lowest BCUT2D eigenvalue weighted by Crippen LogP contribution is -2.20. The molecule has 1 amide bonds. The molecule has 0 bridgehead atoms. The van der Waals surface area contributed by atoms with Crippen LogP contribution in [-0.2, 0) is 11.2 Å². The third kappa shape index (κ3) is 4.96. The van der Waals surface area contributed by atoms with E-state index in [1.54, 1.807) is 0 Å². The molecule has 0 aliphatic rings. The molecule has 0 atom stereocenters. The summed E-state index contributed by atoms with van der Waals surface area (Å²) >= 11 is 4.95. The molecule has 0 saturated carbocycles. The number of hydrogen-bond acceptors (Lipinski definition) is 4. The van der Waals surface area contributed by atoms with Gasteiger partial charge in [-0.1, -0.05) is 52.7 Å². The third-order valence-corrected chi connectivity index (χ3v) is 5.72. The number of halogens is 1. The van der Waals surface area contributed by atoms with E-state index in [-0.39, 0.29) is 12.5 Å². The Balaban J connectivity index is 1.68. The number of ether oxygens (including phenoxy) is 1. The van der Waals surface area contributed by atoms with Gasteiger partial charge in [-0.3, -0.25) is 10.1 Å². The Hall–Kier alpha value is -2.18. The smallest absolute Gasteiger partial charge is 0.264 e. The molecule has 140 valence electrons. The van der Waals surface area contributed by atoms with Crippen molar-refractivity contribution >= 4 is 38.3 Å². The molecular formula is C21H21BrN2O2S. The van der Waals surface area contributed by atoms with Gasteiger partial charge in [-0.2, -0.15) is 0 Å². The first-order chi connectivity index (χ1) is 13.0. The molecule has 0 radical (unpaired) electrons. The van der Waals surface area contributed by atoms with Gasteiger partial charge in [-0.25, -0.2) is 4.98 Å². The lowest BCUT2D eigenvalue weighted by molar-refractivity contribution is -0.118. The highest BCUT2D eigenvalue weighted by Crippen LogP contribution is 2.32. The average molecular weight is 445 g/mol. The Morgan fingerprint density at radius 3 is 2.59 bits per heavy atom. The minimum atomic E-state index is -0.214. The number of aryl methyl sites for hydroxylation is 3. The molecule has 6 heteroatoms. The summed E-state index contributed by atoms with van der Waals surface area (Å²) in [5, 5.41) is 3.45. The number of carbonyl (C=O) groups excluding carboxylic acids is 1. The predicted octanol–water partition coefficient (Wildman–Crippen LogP) is 5.77. The van der Waals surface area contributed by atoms with Crippen LogP contribution in [0.2, 0.25) is 0 Å². The minimum absolute atomic E-state index is 0.0431. The van der Waals surface area contributed by atoms with Crippen LogP contribution in [-0.4, -0.2) is 17.5 Å². The molecule has 0 aliphatic carbocycles. The number of thiazole rings is 1. The first kappa shape index (κ1) is 19.6. The van der Waals surface area contributed by atoms with Crippen molar-refractivity contribution in [2.45, 2.75) is 27.2 Å². The number of rotatable bonds is 6. The maximum absolute atomic E-state index is 12.3. The summed E-state index contributed by atoms with van der Waals surface area (Å²) in [6, 6.07) is 13.9. The number of amides is 1. The van der Waals surface area contributed by atoms with Gasteiger partial charge in [-0.05, 0) is 44.0 Å².